The third-order valence-electron chi connectivity index (χ3n) is 2.08. The quantitative estimate of drug-likeness (QED) is 0.676. The van der Waals surface area contributed by atoms with Crippen molar-refractivity contribution >= 4 is 23.0 Å². The Bertz CT molecular complexity index is 586. The number of azo groups is 1. The van der Waals surface area contributed by atoms with Gasteiger partial charge in [-0.15, -0.1) is 10.2 Å². The molecule has 1 heterocycles. The second kappa shape index (κ2) is 4.32. The number of hydrogen-bond acceptors (Lipinski definition) is 6. The molecule has 7 nitrogen and oxygen atoms in total. The highest BCUT2D eigenvalue weighted by atomic mass is 15.2. The lowest BCUT2D eigenvalue weighted by molar-refractivity contribution is 1.11. The summed E-state index contributed by atoms with van der Waals surface area (Å²) in [5.41, 5.74) is 12.3. The van der Waals surface area contributed by atoms with E-state index in [0.717, 1.165) is 0 Å². The van der Waals surface area contributed by atoms with Crippen molar-refractivity contribution in [1.29, 1.82) is 5.26 Å². The molecule has 0 aliphatic rings. The molecule has 0 spiro atoms. The first-order chi connectivity index (χ1) is 8.22. The van der Waals surface area contributed by atoms with Crippen molar-refractivity contribution in [2.24, 2.45) is 10.2 Å². The molecular weight excluding hydrogens is 218 g/mol. The summed E-state index contributed by atoms with van der Waals surface area (Å²) in [7, 11) is 0. The largest absolute Gasteiger partial charge is 0.382 e. The average Bonchev–Trinajstić information content (AvgIpc) is 2.67. The average molecular weight is 227 g/mol. The number of nitrogens with one attached hydrogen (secondary N) is 1. The predicted molar refractivity (Wildman–Crippen MR) is 62.7 cm³/mol. The molecule has 84 valence electrons. The van der Waals surface area contributed by atoms with Gasteiger partial charge in [-0.2, -0.15) is 10.4 Å². The predicted octanol–water partition coefficient (Wildman–Crippen LogP) is 1.86. The van der Waals surface area contributed by atoms with Gasteiger partial charge in [0.15, 0.2) is 11.5 Å². The van der Waals surface area contributed by atoms with Gasteiger partial charge in [0.1, 0.15) is 17.6 Å². The number of nitrogens with zero attached hydrogens (tertiary/aromatic N) is 4. The van der Waals surface area contributed by atoms with Crippen molar-refractivity contribution in [2.45, 2.75) is 0 Å². The summed E-state index contributed by atoms with van der Waals surface area (Å²) in [5.74, 6) is 0.404. The summed E-state index contributed by atoms with van der Waals surface area (Å²) in [6, 6.07) is 8.85. The zero-order valence-electron chi connectivity index (χ0n) is 8.75. The Balaban J connectivity index is 2.36. The van der Waals surface area contributed by atoms with Gasteiger partial charge in [-0.05, 0) is 12.1 Å². The van der Waals surface area contributed by atoms with Crippen molar-refractivity contribution in [1.82, 2.24) is 10.2 Å². The lowest BCUT2D eigenvalue weighted by Gasteiger charge is -1.94. The Morgan fingerprint density at radius 3 is 2.65 bits per heavy atom. The third-order valence-corrected chi connectivity index (χ3v) is 2.08. The second-order valence-corrected chi connectivity index (χ2v) is 3.20. The summed E-state index contributed by atoms with van der Waals surface area (Å²) in [4.78, 5) is 0. The molecule has 0 atom stereocenters. The van der Waals surface area contributed by atoms with E-state index in [-0.39, 0.29) is 17.3 Å². The molecule has 0 radical (unpaired) electrons. The molecule has 5 N–H and O–H groups in total. The Morgan fingerprint density at radius 2 is 2.00 bits per heavy atom. The summed E-state index contributed by atoms with van der Waals surface area (Å²) >= 11 is 0. The minimum Gasteiger partial charge on any atom is -0.382 e. The maximum absolute atomic E-state index is 8.87. The molecule has 0 saturated heterocycles. The van der Waals surface area contributed by atoms with Crippen LogP contribution in [0.5, 0.6) is 0 Å². The Kier molecular flexibility index (Phi) is 2.70. The van der Waals surface area contributed by atoms with Gasteiger partial charge < -0.3 is 11.5 Å². The molecule has 0 fully saturated rings. The van der Waals surface area contributed by atoms with Crippen LogP contribution in [0.1, 0.15) is 5.56 Å². The van der Waals surface area contributed by atoms with E-state index in [4.69, 9.17) is 16.7 Å². The van der Waals surface area contributed by atoms with Gasteiger partial charge >= 0.3 is 0 Å². The monoisotopic (exact) mass is 227 g/mol. The number of hydrogen-bond donors (Lipinski definition) is 3. The van der Waals surface area contributed by atoms with E-state index in [1.54, 1.807) is 24.3 Å². The van der Waals surface area contributed by atoms with Gasteiger partial charge in [-0.25, -0.2) is 0 Å². The molecule has 0 saturated carbocycles. The second-order valence-electron chi connectivity index (χ2n) is 3.20. The van der Waals surface area contributed by atoms with Crippen molar-refractivity contribution in [3.63, 3.8) is 0 Å². The molecule has 0 unspecified atom stereocenters. The number of nitrogens with two attached hydrogens (primary N) is 2. The van der Waals surface area contributed by atoms with Crippen LogP contribution in [0.25, 0.3) is 0 Å². The third kappa shape index (κ3) is 2.05. The van der Waals surface area contributed by atoms with E-state index in [9.17, 15) is 0 Å². The fourth-order valence-corrected chi connectivity index (χ4v) is 1.23. The van der Waals surface area contributed by atoms with E-state index in [1.807, 2.05) is 6.07 Å². The maximum atomic E-state index is 8.87. The first kappa shape index (κ1) is 10.6. The standard InChI is InChI=1S/C10H9N7/c11-5-6-3-1-2-4-7(6)14-15-8-9(12)16-17-10(8)13/h1-4H,(H5,12,13,16,17). The molecule has 0 amide bonds. The number of aromatic amines is 1. The summed E-state index contributed by atoms with van der Waals surface area (Å²) in [6.45, 7) is 0. The molecular formula is C10H9N7. The van der Waals surface area contributed by atoms with Crippen molar-refractivity contribution in [3.8, 4) is 6.07 Å². The van der Waals surface area contributed by atoms with E-state index in [0.29, 0.717) is 11.3 Å². The minimum atomic E-state index is 0.167. The van der Waals surface area contributed by atoms with Gasteiger partial charge in [0, 0.05) is 0 Å². The van der Waals surface area contributed by atoms with Crippen LogP contribution in [0.2, 0.25) is 0 Å². The highest BCUT2D eigenvalue weighted by molar-refractivity contribution is 5.70. The summed E-state index contributed by atoms with van der Waals surface area (Å²) in [6.07, 6.45) is 0. The van der Waals surface area contributed by atoms with Gasteiger partial charge in [0.05, 0.1) is 5.56 Å². The van der Waals surface area contributed by atoms with E-state index >= 15 is 0 Å². The van der Waals surface area contributed by atoms with Crippen molar-refractivity contribution in [3.05, 3.63) is 29.8 Å². The molecule has 0 bridgehead atoms. The number of H-pyrrole nitrogens is 1. The van der Waals surface area contributed by atoms with Gasteiger partial charge in [-0.3, -0.25) is 5.10 Å². The van der Waals surface area contributed by atoms with Crippen LogP contribution >= 0.6 is 0 Å². The Morgan fingerprint density at radius 1 is 1.24 bits per heavy atom. The first-order valence-electron chi connectivity index (χ1n) is 4.72. The number of nitriles is 1. The number of anilines is 2. The van der Waals surface area contributed by atoms with E-state index < -0.39 is 0 Å². The molecule has 17 heavy (non-hydrogen) atoms. The van der Waals surface area contributed by atoms with Crippen LogP contribution in [-0.2, 0) is 0 Å². The topological polar surface area (TPSA) is 129 Å². The first-order valence-corrected chi connectivity index (χ1v) is 4.72. The molecule has 7 heteroatoms. The van der Waals surface area contributed by atoms with E-state index in [2.05, 4.69) is 20.4 Å². The summed E-state index contributed by atoms with van der Waals surface area (Å²) < 4.78 is 0. The van der Waals surface area contributed by atoms with Gasteiger partial charge in [0.2, 0.25) is 0 Å². The SMILES string of the molecule is N#Cc1ccccc1N=Nc1c(N)n[nH]c1N. The summed E-state index contributed by atoms with van der Waals surface area (Å²) in [5, 5.41) is 22.8. The normalized spacial score (nSPS) is 10.5. The lowest BCUT2D eigenvalue weighted by Crippen LogP contribution is -1.84. The molecule has 1 aromatic carbocycles. The van der Waals surface area contributed by atoms with Crippen LogP contribution in [0.3, 0.4) is 0 Å². The fourth-order valence-electron chi connectivity index (χ4n) is 1.23. The van der Waals surface area contributed by atoms with Gasteiger partial charge in [-0.1, -0.05) is 12.1 Å². The Hall–Kier alpha value is -2.88. The van der Waals surface area contributed by atoms with Crippen LogP contribution < -0.4 is 11.5 Å². The van der Waals surface area contributed by atoms with Crippen molar-refractivity contribution < 1.29 is 0 Å². The molecule has 0 aliphatic carbocycles. The van der Waals surface area contributed by atoms with Crippen molar-refractivity contribution in [2.75, 3.05) is 11.5 Å². The van der Waals surface area contributed by atoms with Crippen LogP contribution in [0, 0.1) is 11.3 Å². The highest BCUT2D eigenvalue weighted by Crippen LogP contribution is 2.28. The molecule has 0 aliphatic heterocycles. The van der Waals surface area contributed by atoms with Crippen LogP contribution in [0.4, 0.5) is 23.0 Å². The fraction of sp³-hybridized carbons (Fsp3) is 0. The van der Waals surface area contributed by atoms with Crippen LogP contribution in [0.15, 0.2) is 34.5 Å². The Labute approximate surface area is 96.8 Å². The number of nitrogen functional groups attached to an aromatic ring is 2. The molecule has 2 rings (SSSR count). The smallest absolute Gasteiger partial charge is 0.175 e. The zero-order valence-corrected chi connectivity index (χ0v) is 8.75. The lowest BCUT2D eigenvalue weighted by atomic mass is 10.2. The molecule has 2 aromatic rings. The van der Waals surface area contributed by atoms with E-state index in [1.165, 1.54) is 0 Å². The number of aromatic nitrogens is 2. The molecule has 1 aromatic heterocycles. The van der Waals surface area contributed by atoms with Gasteiger partial charge in [0.25, 0.3) is 0 Å². The number of benzene rings is 1. The van der Waals surface area contributed by atoms with Crippen LogP contribution in [-0.4, -0.2) is 10.2 Å². The number of rotatable bonds is 2. The minimum absolute atomic E-state index is 0.167. The maximum Gasteiger partial charge on any atom is 0.175 e. The highest BCUT2D eigenvalue weighted by Gasteiger charge is 2.07. The zero-order chi connectivity index (χ0) is 12.3.